The van der Waals surface area contributed by atoms with E-state index in [4.69, 9.17) is 0 Å². The van der Waals surface area contributed by atoms with Gasteiger partial charge in [0.05, 0.1) is 5.69 Å². The average Bonchev–Trinajstić information content (AvgIpc) is 2.45. The number of hydrogen-bond acceptors (Lipinski definition) is 2. The van der Waals surface area contributed by atoms with Crippen molar-refractivity contribution in [2.75, 3.05) is 0 Å². The SMILES string of the molecule is OC(Cc1cc(F)cc(F)c1)c1nccc2ccccc12. The van der Waals surface area contributed by atoms with Crippen LogP contribution in [0, 0.1) is 11.6 Å². The first kappa shape index (κ1) is 13.6. The van der Waals surface area contributed by atoms with Gasteiger partial charge in [-0.2, -0.15) is 0 Å². The Labute approximate surface area is 120 Å². The van der Waals surface area contributed by atoms with Gasteiger partial charge in [0.15, 0.2) is 0 Å². The highest BCUT2D eigenvalue weighted by atomic mass is 19.1. The van der Waals surface area contributed by atoms with Crippen molar-refractivity contribution in [2.24, 2.45) is 0 Å². The van der Waals surface area contributed by atoms with E-state index in [9.17, 15) is 13.9 Å². The van der Waals surface area contributed by atoms with Gasteiger partial charge in [-0.1, -0.05) is 24.3 Å². The van der Waals surface area contributed by atoms with Gasteiger partial charge in [-0.3, -0.25) is 4.98 Å². The molecule has 0 amide bonds. The first-order valence-corrected chi connectivity index (χ1v) is 6.60. The summed E-state index contributed by atoms with van der Waals surface area (Å²) in [7, 11) is 0. The van der Waals surface area contributed by atoms with Gasteiger partial charge < -0.3 is 5.11 Å². The minimum absolute atomic E-state index is 0.107. The zero-order valence-corrected chi connectivity index (χ0v) is 11.1. The number of aromatic nitrogens is 1. The van der Waals surface area contributed by atoms with Crippen molar-refractivity contribution in [2.45, 2.75) is 12.5 Å². The first-order chi connectivity index (χ1) is 10.1. The third-order valence-electron chi connectivity index (χ3n) is 3.37. The van der Waals surface area contributed by atoms with Gasteiger partial charge in [0.25, 0.3) is 0 Å². The van der Waals surface area contributed by atoms with Crippen LogP contribution in [0.2, 0.25) is 0 Å². The maximum absolute atomic E-state index is 13.2. The third-order valence-corrected chi connectivity index (χ3v) is 3.37. The first-order valence-electron chi connectivity index (χ1n) is 6.60. The van der Waals surface area contributed by atoms with E-state index in [1.165, 1.54) is 12.1 Å². The molecule has 0 aliphatic rings. The summed E-state index contributed by atoms with van der Waals surface area (Å²) in [6, 6.07) is 12.7. The summed E-state index contributed by atoms with van der Waals surface area (Å²) in [5.74, 6) is -1.30. The fraction of sp³-hybridized carbons (Fsp3) is 0.118. The summed E-state index contributed by atoms with van der Waals surface area (Å²) in [4.78, 5) is 4.21. The van der Waals surface area contributed by atoms with E-state index >= 15 is 0 Å². The molecule has 0 saturated heterocycles. The molecule has 1 aromatic heterocycles. The number of nitrogens with zero attached hydrogens (tertiary/aromatic N) is 1. The van der Waals surface area contributed by atoms with Crippen molar-refractivity contribution in [3.63, 3.8) is 0 Å². The standard InChI is InChI=1S/C17H13F2NO/c18-13-7-11(8-14(19)10-13)9-16(21)17-15-4-2-1-3-12(15)5-6-20-17/h1-8,10,16,21H,9H2. The van der Waals surface area contributed by atoms with Gasteiger partial charge in [-0.05, 0) is 29.1 Å². The highest BCUT2D eigenvalue weighted by molar-refractivity contribution is 5.84. The number of benzene rings is 2. The number of rotatable bonds is 3. The van der Waals surface area contributed by atoms with Crippen molar-refractivity contribution in [3.8, 4) is 0 Å². The second kappa shape index (κ2) is 5.58. The topological polar surface area (TPSA) is 33.1 Å². The fourth-order valence-corrected chi connectivity index (χ4v) is 2.46. The maximum atomic E-state index is 13.2. The molecule has 1 N–H and O–H groups in total. The molecule has 0 fully saturated rings. The Morgan fingerprint density at radius 3 is 2.48 bits per heavy atom. The highest BCUT2D eigenvalue weighted by Crippen LogP contribution is 2.25. The van der Waals surface area contributed by atoms with Gasteiger partial charge >= 0.3 is 0 Å². The van der Waals surface area contributed by atoms with Crippen LogP contribution in [0.3, 0.4) is 0 Å². The number of halogens is 2. The smallest absolute Gasteiger partial charge is 0.126 e. The second-order valence-corrected chi connectivity index (χ2v) is 4.91. The molecule has 106 valence electrons. The average molecular weight is 285 g/mol. The molecule has 0 spiro atoms. The summed E-state index contributed by atoms with van der Waals surface area (Å²) in [6.07, 6.45) is 0.806. The lowest BCUT2D eigenvalue weighted by atomic mass is 10.0. The van der Waals surface area contributed by atoms with Gasteiger partial charge in [-0.25, -0.2) is 8.78 Å². The summed E-state index contributed by atoms with van der Waals surface area (Å²) < 4.78 is 26.4. The zero-order chi connectivity index (χ0) is 14.8. The Morgan fingerprint density at radius 2 is 1.71 bits per heavy atom. The minimum atomic E-state index is -0.919. The maximum Gasteiger partial charge on any atom is 0.126 e. The molecule has 0 bridgehead atoms. The Kier molecular flexibility index (Phi) is 3.62. The number of fused-ring (bicyclic) bond motifs is 1. The van der Waals surface area contributed by atoms with E-state index in [1.807, 2.05) is 30.3 Å². The summed E-state index contributed by atoms with van der Waals surface area (Å²) in [6.45, 7) is 0. The van der Waals surface area contributed by atoms with E-state index in [-0.39, 0.29) is 6.42 Å². The van der Waals surface area contributed by atoms with E-state index in [1.54, 1.807) is 6.20 Å². The summed E-state index contributed by atoms with van der Waals surface area (Å²) >= 11 is 0. The summed E-state index contributed by atoms with van der Waals surface area (Å²) in [5, 5.41) is 12.1. The molecule has 21 heavy (non-hydrogen) atoms. The lowest BCUT2D eigenvalue weighted by Crippen LogP contribution is -2.05. The van der Waals surface area contributed by atoms with Crippen LogP contribution in [0.15, 0.2) is 54.7 Å². The minimum Gasteiger partial charge on any atom is -0.386 e. The van der Waals surface area contributed by atoms with Crippen molar-refractivity contribution in [3.05, 3.63) is 77.6 Å². The highest BCUT2D eigenvalue weighted by Gasteiger charge is 2.14. The van der Waals surface area contributed by atoms with Crippen LogP contribution in [-0.4, -0.2) is 10.1 Å². The van der Waals surface area contributed by atoms with Crippen molar-refractivity contribution in [1.82, 2.24) is 4.98 Å². The molecule has 2 aromatic carbocycles. The second-order valence-electron chi connectivity index (χ2n) is 4.91. The van der Waals surface area contributed by atoms with Gasteiger partial charge in [-0.15, -0.1) is 0 Å². The molecule has 1 atom stereocenters. The molecular formula is C17H13F2NO. The number of aliphatic hydroxyl groups is 1. The number of hydrogen-bond donors (Lipinski definition) is 1. The van der Waals surface area contributed by atoms with Gasteiger partial charge in [0.1, 0.15) is 17.7 Å². The van der Waals surface area contributed by atoms with Crippen LogP contribution in [0.4, 0.5) is 8.78 Å². The predicted octanol–water partition coefficient (Wildman–Crippen LogP) is 3.79. The Balaban J connectivity index is 1.95. The van der Waals surface area contributed by atoms with Crippen LogP contribution in [-0.2, 0) is 6.42 Å². The molecule has 1 heterocycles. The molecule has 0 radical (unpaired) electrons. The molecule has 0 aliphatic heterocycles. The fourth-order valence-electron chi connectivity index (χ4n) is 2.46. The molecule has 0 aliphatic carbocycles. The normalized spacial score (nSPS) is 12.5. The van der Waals surface area contributed by atoms with E-state index in [0.717, 1.165) is 16.8 Å². The van der Waals surface area contributed by atoms with Crippen molar-refractivity contribution >= 4 is 10.8 Å². The third kappa shape index (κ3) is 2.90. The monoisotopic (exact) mass is 285 g/mol. The van der Waals surface area contributed by atoms with Crippen LogP contribution in [0.5, 0.6) is 0 Å². The van der Waals surface area contributed by atoms with Gasteiger partial charge in [0.2, 0.25) is 0 Å². The van der Waals surface area contributed by atoms with Gasteiger partial charge in [0, 0.05) is 24.1 Å². The Bertz CT molecular complexity index is 763. The van der Waals surface area contributed by atoms with Crippen LogP contribution < -0.4 is 0 Å². The Morgan fingerprint density at radius 1 is 1.00 bits per heavy atom. The van der Waals surface area contributed by atoms with Crippen LogP contribution in [0.25, 0.3) is 10.8 Å². The van der Waals surface area contributed by atoms with Crippen molar-refractivity contribution < 1.29 is 13.9 Å². The lowest BCUT2D eigenvalue weighted by Gasteiger charge is -2.13. The van der Waals surface area contributed by atoms with Crippen LogP contribution in [0.1, 0.15) is 17.4 Å². The molecule has 4 heteroatoms. The molecule has 2 nitrogen and oxygen atoms in total. The summed E-state index contributed by atoms with van der Waals surface area (Å²) in [5.41, 5.74) is 0.910. The quantitative estimate of drug-likeness (QED) is 0.794. The molecule has 1 unspecified atom stereocenters. The molecular weight excluding hydrogens is 272 g/mol. The molecule has 3 aromatic rings. The lowest BCUT2D eigenvalue weighted by molar-refractivity contribution is 0.175. The Hall–Kier alpha value is -2.33. The largest absolute Gasteiger partial charge is 0.386 e. The molecule has 3 rings (SSSR count). The van der Waals surface area contributed by atoms with Crippen molar-refractivity contribution in [1.29, 1.82) is 0 Å². The van der Waals surface area contributed by atoms with E-state index < -0.39 is 17.7 Å². The number of pyridine rings is 1. The molecule has 0 saturated carbocycles. The predicted molar refractivity (Wildman–Crippen MR) is 76.8 cm³/mol. The number of aliphatic hydroxyl groups excluding tert-OH is 1. The van der Waals surface area contributed by atoms with E-state index in [0.29, 0.717) is 11.3 Å². The zero-order valence-electron chi connectivity index (χ0n) is 11.1. The van der Waals surface area contributed by atoms with E-state index in [2.05, 4.69) is 4.98 Å². The van der Waals surface area contributed by atoms with Crippen LogP contribution >= 0.6 is 0 Å².